The zero-order valence-electron chi connectivity index (χ0n) is 13.7. The molecular formula is C15H18N2O5S2. The molecule has 2 rings (SSSR count). The van der Waals surface area contributed by atoms with Crippen molar-refractivity contribution in [1.82, 2.24) is 9.29 Å². The Morgan fingerprint density at radius 3 is 2.54 bits per heavy atom. The molecule has 0 bridgehead atoms. The highest BCUT2D eigenvalue weighted by Crippen LogP contribution is 2.22. The molecular weight excluding hydrogens is 352 g/mol. The van der Waals surface area contributed by atoms with Crippen molar-refractivity contribution >= 4 is 33.1 Å². The van der Waals surface area contributed by atoms with Gasteiger partial charge in [0.05, 0.1) is 24.9 Å². The Balaban J connectivity index is 2.26. The van der Waals surface area contributed by atoms with Crippen LogP contribution in [0.5, 0.6) is 0 Å². The van der Waals surface area contributed by atoms with Crippen LogP contribution in [0.3, 0.4) is 0 Å². The highest BCUT2D eigenvalue weighted by molar-refractivity contribution is 7.91. The Labute approximate surface area is 144 Å². The summed E-state index contributed by atoms with van der Waals surface area (Å²) in [7, 11) is -1.10. The number of ether oxygens (including phenoxy) is 1. The average Bonchev–Trinajstić information content (AvgIpc) is 3.15. The summed E-state index contributed by atoms with van der Waals surface area (Å²) in [6.07, 6.45) is 0. The fraction of sp³-hybridized carbons (Fsp3) is 0.333. The van der Waals surface area contributed by atoms with E-state index in [0.29, 0.717) is 16.8 Å². The SMILES string of the molecule is COC(=O)c1c(C)[nH]c(C(=O)CN(C)S(=O)(=O)c2cccs2)c1C. The van der Waals surface area contributed by atoms with E-state index in [4.69, 9.17) is 4.74 Å². The van der Waals surface area contributed by atoms with Crippen molar-refractivity contribution in [2.24, 2.45) is 0 Å². The molecule has 9 heteroatoms. The van der Waals surface area contributed by atoms with E-state index in [1.54, 1.807) is 25.3 Å². The molecule has 2 heterocycles. The number of carbonyl (C=O) groups is 2. The molecule has 0 aliphatic rings. The second-order valence-corrected chi connectivity index (χ2v) is 8.45. The van der Waals surface area contributed by atoms with Gasteiger partial charge in [-0.15, -0.1) is 11.3 Å². The number of aromatic nitrogens is 1. The molecule has 0 atom stereocenters. The fourth-order valence-electron chi connectivity index (χ4n) is 2.37. The summed E-state index contributed by atoms with van der Waals surface area (Å²) in [5.74, 6) is -0.965. The number of sulfonamides is 1. The van der Waals surface area contributed by atoms with Crippen LogP contribution in [-0.4, -0.2) is 50.2 Å². The number of esters is 1. The number of nitrogens with one attached hydrogen (secondary N) is 1. The molecule has 7 nitrogen and oxygen atoms in total. The highest BCUT2D eigenvalue weighted by atomic mass is 32.2. The Morgan fingerprint density at radius 1 is 1.33 bits per heavy atom. The number of ketones is 1. The first-order chi connectivity index (χ1) is 11.2. The van der Waals surface area contributed by atoms with Crippen molar-refractivity contribution in [3.63, 3.8) is 0 Å². The summed E-state index contributed by atoms with van der Waals surface area (Å²) in [5, 5.41) is 1.66. The van der Waals surface area contributed by atoms with E-state index in [1.807, 2.05) is 0 Å². The van der Waals surface area contributed by atoms with Crippen molar-refractivity contribution in [2.75, 3.05) is 20.7 Å². The Kier molecular flexibility index (Phi) is 5.26. The van der Waals surface area contributed by atoms with Crippen LogP contribution in [0.2, 0.25) is 0 Å². The molecule has 0 aliphatic heterocycles. The summed E-state index contributed by atoms with van der Waals surface area (Å²) in [6, 6.07) is 3.12. The Morgan fingerprint density at radius 2 is 2.00 bits per heavy atom. The lowest BCUT2D eigenvalue weighted by Crippen LogP contribution is -2.32. The van der Waals surface area contributed by atoms with E-state index >= 15 is 0 Å². The molecule has 0 fully saturated rings. The molecule has 24 heavy (non-hydrogen) atoms. The van der Waals surface area contributed by atoms with Gasteiger partial charge in [-0.3, -0.25) is 4.79 Å². The lowest BCUT2D eigenvalue weighted by molar-refractivity contribution is 0.0599. The van der Waals surface area contributed by atoms with Gasteiger partial charge in [0.2, 0.25) is 0 Å². The summed E-state index contributed by atoms with van der Waals surface area (Å²) in [4.78, 5) is 27.1. The normalized spacial score (nSPS) is 11.7. The van der Waals surface area contributed by atoms with E-state index in [1.165, 1.54) is 20.2 Å². The van der Waals surface area contributed by atoms with Gasteiger partial charge in [0.15, 0.2) is 5.78 Å². The third-order valence-electron chi connectivity index (χ3n) is 3.63. The number of nitrogens with zero attached hydrogens (tertiary/aromatic N) is 1. The highest BCUT2D eigenvalue weighted by Gasteiger charge is 2.27. The van der Waals surface area contributed by atoms with Crippen molar-refractivity contribution in [2.45, 2.75) is 18.1 Å². The van der Waals surface area contributed by atoms with Crippen molar-refractivity contribution in [3.8, 4) is 0 Å². The van der Waals surface area contributed by atoms with Crippen LogP contribution >= 0.6 is 11.3 Å². The number of H-pyrrole nitrogens is 1. The molecule has 1 N–H and O–H groups in total. The second-order valence-electron chi connectivity index (χ2n) is 5.23. The summed E-state index contributed by atoms with van der Waals surface area (Å²) in [5.41, 5.74) is 1.46. The van der Waals surface area contributed by atoms with E-state index < -0.39 is 21.8 Å². The van der Waals surface area contributed by atoms with Gasteiger partial charge in [0.1, 0.15) is 4.21 Å². The van der Waals surface area contributed by atoms with Gasteiger partial charge in [0.25, 0.3) is 10.0 Å². The number of rotatable bonds is 6. The van der Waals surface area contributed by atoms with Crippen LogP contribution in [-0.2, 0) is 14.8 Å². The number of hydrogen-bond acceptors (Lipinski definition) is 6. The monoisotopic (exact) mass is 370 g/mol. The number of carbonyl (C=O) groups excluding carboxylic acids is 2. The largest absolute Gasteiger partial charge is 0.465 e. The summed E-state index contributed by atoms with van der Waals surface area (Å²) in [6.45, 7) is 2.94. The molecule has 0 spiro atoms. The first kappa shape index (κ1) is 18.4. The summed E-state index contributed by atoms with van der Waals surface area (Å²) >= 11 is 1.09. The number of aryl methyl sites for hydroxylation is 1. The van der Waals surface area contributed by atoms with Crippen LogP contribution in [0.1, 0.15) is 32.1 Å². The number of thiophene rings is 1. The molecule has 0 aromatic carbocycles. The molecule has 130 valence electrons. The molecule has 0 saturated carbocycles. The minimum atomic E-state index is -3.71. The first-order valence-electron chi connectivity index (χ1n) is 7.00. The van der Waals surface area contributed by atoms with E-state index in [2.05, 4.69) is 4.98 Å². The van der Waals surface area contributed by atoms with Gasteiger partial charge >= 0.3 is 5.97 Å². The van der Waals surface area contributed by atoms with E-state index in [9.17, 15) is 18.0 Å². The predicted octanol–water partition coefficient (Wildman–Crippen LogP) is 1.98. The van der Waals surface area contributed by atoms with E-state index in [0.717, 1.165) is 15.6 Å². The number of Topliss-reactive ketones (excluding diaryl/α,β-unsaturated/α-hetero) is 1. The average molecular weight is 370 g/mol. The van der Waals surface area contributed by atoms with Crippen LogP contribution in [0.15, 0.2) is 21.7 Å². The number of methoxy groups -OCH3 is 1. The maximum atomic E-state index is 12.5. The van der Waals surface area contributed by atoms with Crippen molar-refractivity contribution in [1.29, 1.82) is 0 Å². The molecule has 0 unspecified atom stereocenters. The minimum Gasteiger partial charge on any atom is -0.465 e. The minimum absolute atomic E-state index is 0.174. The molecule has 0 radical (unpaired) electrons. The van der Waals surface area contributed by atoms with Crippen LogP contribution < -0.4 is 0 Å². The summed E-state index contributed by atoms with van der Waals surface area (Å²) < 4.78 is 30.6. The molecule has 0 aliphatic carbocycles. The van der Waals surface area contributed by atoms with Gasteiger partial charge in [0, 0.05) is 12.7 Å². The topological polar surface area (TPSA) is 96.5 Å². The lowest BCUT2D eigenvalue weighted by Gasteiger charge is -2.15. The third kappa shape index (κ3) is 3.28. The Hall–Kier alpha value is -1.97. The predicted molar refractivity (Wildman–Crippen MR) is 90.1 cm³/mol. The van der Waals surface area contributed by atoms with Crippen LogP contribution in [0.4, 0.5) is 0 Å². The fourth-order valence-corrected chi connectivity index (χ4v) is 4.70. The maximum absolute atomic E-state index is 12.5. The van der Waals surface area contributed by atoms with Gasteiger partial charge in [-0.05, 0) is 30.9 Å². The van der Waals surface area contributed by atoms with E-state index in [-0.39, 0.29) is 16.4 Å². The Bertz CT molecular complexity index is 866. The zero-order valence-corrected chi connectivity index (χ0v) is 15.4. The van der Waals surface area contributed by atoms with Gasteiger partial charge in [-0.2, -0.15) is 4.31 Å². The van der Waals surface area contributed by atoms with Crippen LogP contribution in [0.25, 0.3) is 0 Å². The first-order valence-corrected chi connectivity index (χ1v) is 9.32. The molecule has 2 aromatic rings. The number of hydrogen-bond donors (Lipinski definition) is 1. The van der Waals surface area contributed by atoms with Gasteiger partial charge in [-0.25, -0.2) is 13.2 Å². The number of aromatic amines is 1. The zero-order chi connectivity index (χ0) is 18.1. The molecule has 0 amide bonds. The third-order valence-corrected chi connectivity index (χ3v) is 6.81. The molecule has 2 aromatic heterocycles. The van der Waals surface area contributed by atoms with Crippen molar-refractivity contribution < 1.29 is 22.7 Å². The molecule has 0 saturated heterocycles. The van der Waals surface area contributed by atoms with Gasteiger partial charge < -0.3 is 9.72 Å². The maximum Gasteiger partial charge on any atom is 0.339 e. The lowest BCUT2D eigenvalue weighted by atomic mass is 10.1. The van der Waals surface area contributed by atoms with Crippen LogP contribution in [0, 0.1) is 13.8 Å². The second kappa shape index (κ2) is 6.88. The van der Waals surface area contributed by atoms with Crippen molar-refractivity contribution in [3.05, 3.63) is 40.0 Å². The smallest absolute Gasteiger partial charge is 0.339 e. The van der Waals surface area contributed by atoms with Gasteiger partial charge in [-0.1, -0.05) is 6.07 Å². The standard InChI is InChI=1S/C15H18N2O5S2/c1-9-13(15(19)22-4)10(2)16-14(9)11(18)8-17(3)24(20,21)12-6-5-7-23-12/h5-7,16H,8H2,1-4H3. The number of likely N-dealkylation sites (N-methyl/N-ethyl adjacent to an activating group) is 1. The quantitative estimate of drug-likeness (QED) is 0.619.